The Hall–Kier alpha value is -1.35. The molecule has 1 aliphatic rings. The summed E-state index contributed by atoms with van der Waals surface area (Å²) >= 11 is 0. The number of benzene rings is 1. The molecule has 0 saturated heterocycles. The molecule has 1 aromatic rings. The fourth-order valence-electron chi connectivity index (χ4n) is 1.72. The van der Waals surface area contributed by atoms with Crippen LogP contribution in [-0.4, -0.2) is 12.5 Å². The molecule has 0 aromatic heterocycles. The maximum absolute atomic E-state index is 11.5. The van der Waals surface area contributed by atoms with Gasteiger partial charge in [0, 0.05) is 12.1 Å². The lowest BCUT2D eigenvalue weighted by molar-refractivity contribution is -0.116. The zero-order chi connectivity index (χ0) is 11.4. The molecule has 3 N–H and O–H groups in total. The Kier molecular flexibility index (Phi) is 3.57. The molecule has 0 unspecified atom stereocenters. The lowest BCUT2D eigenvalue weighted by Gasteiger charge is -2.05. The molecule has 1 fully saturated rings. The fraction of sp³-hybridized carbons (Fsp3) is 0.462. The van der Waals surface area contributed by atoms with Crippen LogP contribution in [0.15, 0.2) is 24.3 Å². The average molecular weight is 218 g/mol. The summed E-state index contributed by atoms with van der Waals surface area (Å²) in [6, 6.07) is 7.91. The number of hydrogen-bond acceptors (Lipinski definition) is 2. The zero-order valence-electron chi connectivity index (χ0n) is 9.41. The van der Waals surface area contributed by atoms with E-state index in [0.29, 0.717) is 18.9 Å². The van der Waals surface area contributed by atoms with E-state index in [1.54, 1.807) is 0 Å². The zero-order valence-corrected chi connectivity index (χ0v) is 9.41. The fourth-order valence-corrected chi connectivity index (χ4v) is 1.72. The monoisotopic (exact) mass is 218 g/mol. The Morgan fingerprint density at radius 1 is 1.31 bits per heavy atom. The molecule has 86 valence electrons. The molecule has 1 amide bonds. The number of hydrogen-bond donors (Lipinski definition) is 2. The number of nitrogens with two attached hydrogens (primary N) is 1. The predicted molar refractivity (Wildman–Crippen MR) is 65.2 cm³/mol. The van der Waals surface area contributed by atoms with Crippen LogP contribution in [0.3, 0.4) is 0 Å². The molecule has 1 aliphatic carbocycles. The third-order valence-corrected chi connectivity index (χ3v) is 2.84. The summed E-state index contributed by atoms with van der Waals surface area (Å²) in [5, 5.41) is 2.91. The van der Waals surface area contributed by atoms with Gasteiger partial charge in [-0.05, 0) is 49.4 Å². The van der Waals surface area contributed by atoms with Crippen LogP contribution in [0.4, 0.5) is 5.69 Å². The van der Waals surface area contributed by atoms with Crippen LogP contribution in [0.25, 0.3) is 0 Å². The molecule has 0 bridgehead atoms. The van der Waals surface area contributed by atoms with Crippen molar-refractivity contribution in [3.05, 3.63) is 29.8 Å². The molecule has 0 aliphatic heterocycles. The van der Waals surface area contributed by atoms with Crippen molar-refractivity contribution in [3.63, 3.8) is 0 Å². The molecule has 0 atom stereocenters. The van der Waals surface area contributed by atoms with Gasteiger partial charge in [0.1, 0.15) is 0 Å². The molecule has 1 saturated carbocycles. The van der Waals surface area contributed by atoms with E-state index in [2.05, 4.69) is 5.32 Å². The maximum atomic E-state index is 11.5. The van der Waals surface area contributed by atoms with Crippen molar-refractivity contribution in [3.8, 4) is 0 Å². The van der Waals surface area contributed by atoms with Crippen LogP contribution >= 0.6 is 0 Å². The van der Waals surface area contributed by atoms with Gasteiger partial charge in [-0.25, -0.2) is 0 Å². The maximum Gasteiger partial charge on any atom is 0.224 e. The van der Waals surface area contributed by atoms with Crippen molar-refractivity contribution >= 4 is 11.6 Å². The highest BCUT2D eigenvalue weighted by Gasteiger charge is 2.24. The van der Waals surface area contributed by atoms with Gasteiger partial charge in [-0.3, -0.25) is 4.79 Å². The second kappa shape index (κ2) is 5.12. The largest absolute Gasteiger partial charge is 0.330 e. The van der Waals surface area contributed by atoms with Gasteiger partial charge in [-0.1, -0.05) is 12.1 Å². The van der Waals surface area contributed by atoms with Crippen LogP contribution in [0.1, 0.15) is 24.8 Å². The Morgan fingerprint density at radius 3 is 2.56 bits per heavy atom. The highest BCUT2D eigenvalue weighted by Crippen LogP contribution is 2.32. The summed E-state index contributed by atoms with van der Waals surface area (Å²) < 4.78 is 0. The van der Waals surface area contributed by atoms with Gasteiger partial charge in [0.15, 0.2) is 0 Å². The van der Waals surface area contributed by atoms with E-state index in [1.165, 1.54) is 18.4 Å². The van der Waals surface area contributed by atoms with Crippen molar-refractivity contribution in [2.24, 2.45) is 11.7 Å². The Morgan fingerprint density at radius 2 is 2.00 bits per heavy atom. The predicted octanol–water partition coefficient (Wildman–Crippen LogP) is 1.93. The highest BCUT2D eigenvalue weighted by atomic mass is 16.1. The van der Waals surface area contributed by atoms with Crippen molar-refractivity contribution in [2.45, 2.75) is 25.7 Å². The number of carbonyl (C=O) groups is 1. The standard InChI is InChI=1S/C13H18N2O/c14-8-7-10-3-5-12(6-4-10)15-13(16)9-11-1-2-11/h3-6,11H,1-2,7-9,14H2,(H,15,16). The number of anilines is 1. The van der Waals surface area contributed by atoms with Crippen molar-refractivity contribution in [2.75, 3.05) is 11.9 Å². The van der Waals surface area contributed by atoms with E-state index in [9.17, 15) is 4.79 Å². The van der Waals surface area contributed by atoms with Gasteiger partial charge in [0.2, 0.25) is 5.91 Å². The first-order valence-corrected chi connectivity index (χ1v) is 5.87. The van der Waals surface area contributed by atoms with E-state index >= 15 is 0 Å². The van der Waals surface area contributed by atoms with Crippen molar-refractivity contribution in [1.82, 2.24) is 0 Å². The molecule has 0 radical (unpaired) electrons. The Labute approximate surface area is 96.0 Å². The van der Waals surface area contributed by atoms with Crippen LogP contribution in [0.2, 0.25) is 0 Å². The van der Waals surface area contributed by atoms with Gasteiger partial charge in [0.25, 0.3) is 0 Å². The van der Waals surface area contributed by atoms with E-state index in [-0.39, 0.29) is 5.91 Å². The van der Waals surface area contributed by atoms with Gasteiger partial charge in [0.05, 0.1) is 0 Å². The SMILES string of the molecule is NCCc1ccc(NC(=O)CC2CC2)cc1. The summed E-state index contributed by atoms with van der Waals surface area (Å²) in [7, 11) is 0. The van der Waals surface area contributed by atoms with Crippen LogP contribution in [0.5, 0.6) is 0 Å². The second-order valence-corrected chi connectivity index (χ2v) is 4.43. The van der Waals surface area contributed by atoms with Gasteiger partial charge >= 0.3 is 0 Å². The van der Waals surface area contributed by atoms with Gasteiger partial charge in [-0.15, -0.1) is 0 Å². The average Bonchev–Trinajstić information content (AvgIpc) is 3.05. The quantitative estimate of drug-likeness (QED) is 0.793. The highest BCUT2D eigenvalue weighted by molar-refractivity contribution is 5.91. The van der Waals surface area contributed by atoms with Crippen LogP contribution < -0.4 is 11.1 Å². The molecule has 3 nitrogen and oxygen atoms in total. The third kappa shape index (κ3) is 3.35. The van der Waals surface area contributed by atoms with Crippen molar-refractivity contribution in [1.29, 1.82) is 0 Å². The first-order chi connectivity index (χ1) is 7.78. The molecule has 0 spiro atoms. The number of amides is 1. The molecule has 16 heavy (non-hydrogen) atoms. The van der Waals surface area contributed by atoms with Crippen LogP contribution in [-0.2, 0) is 11.2 Å². The summed E-state index contributed by atoms with van der Waals surface area (Å²) in [6.45, 7) is 0.660. The minimum atomic E-state index is 0.133. The van der Waals surface area contributed by atoms with E-state index < -0.39 is 0 Å². The first-order valence-electron chi connectivity index (χ1n) is 5.87. The lowest BCUT2D eigenvalue weighted by atomic mass is 10.1. The molecule has 0 heterocycles. The van der Waals surface area contributed by atoms with E-state index in [4.69, 9.17) is 5.73 Å². The topological polar surface area (TPSA) is 55.1 Å². The number of nitrogens with one attached hydrogen (secondary N) is 1. The minimum absolute atomic E-state index is 0.133. The summed E-state index contributed by atoms with van der Waals surface area (Å²) in [5.41, 5.74) is 7.56. The van der Waals surface area contributed by atoms with Gasteiger partial charge in [-0.2, -0.15) is 0 Å². The normalized spacial score (nSPS) is 14.8. The van der Waals surface area contributed by atoms with Crippen LogP contribution in [0, 0.1) is 5.92 Å². The Balaban J connectivity index is 1.85. The minimum Gasteiger partial charge on any atom is -0.330 e. The van der Waals surface area contributed by atoms with Gasteiger partial charge < -0.3 is 11.1 Å². The molecule has 3 heteroatoms. The van der Waals surface area contributed by atoms with E-state index in [0.717, 1.165) is 12.1 Å². The second-order valence-electron chi connectivity index (χ2n) is 4.43. The summed E-state index contributed by atoms with van der Waals surface area (Å²) in [5.74, 6) is 0.769. The van der Waals surface area contributed by atoms with E-state index in [1.807, 2.05) is 24.3 Å². The Bertz CT molecular complexity index is 355. The third-order valence-electron chi connectivity index (χ3n) is 2.84. The summed E-state index contributed by atoms with van der Waals surface area (Å²) in [6.07, 6.45) is 3.98. The molecular formula is C13H18N2O. The van der Waals surface area contributed by atoms with Crippen molar-refractivity contribution < 1.29 is 4.79 Å². The number of rotatable bonds is 5. The number of carbonyl (C=O) groups excluding carboxylic acids is 1. The molecule has 1 aromatic carbocycles. The molecular weight excluding hydrogens is 200 g/mol. The summed E-state index contributed by atoms with van der Waals surface area (Å²) in [4.78, 5) is 11.5. The molecule has 2 rings (SSSR count). The first kappa shape index (κ1) is 11.1. The smallest absolute Gasteiger partial charge is 0.224 e. The lowest BCUT2D eigenvalue weighted by Crippen LogP contribution is -2.11.